The highest BCUT2D eigenvalue weighted by molar-refractivity contribution is 7.89. The fourth-order valence-corrected chi connectivity index (χ4v) is 3.30. The monoisotopic (exact) mass is 310 g/mol. The van der Waals surface area contributed by atoms with Gasteiger partial charge in [0.2, 0.25) is 10.0 Å². The van der Waals surface area contributed by atoms with Crippen LogP contribution in [0.2, 0.25) is 0 Å². The molecule has 1 aromatic carbocycles. The lowest BCUT2D eigenvalue weighted by Gasteiger charge is -2.09. The molecule has 0 saturated heterocycles. The van der Waals surface area contributed by atoms with Crippen molar-refractivity contribution in [1.82, 2.24) is 4.72 Å². The van der Waals surface area contributed by atoms with E-state index in [2.05, 4.69) is 30.4 Å². The van der Waals surface area contributed by atoms with Gasteiger partial charge in [-0.3, -0.25) is 0 Å². The normalized spacial score (nSPS) is 19.7. The largest absolute Gasteiger partial charge is 0.320 e. The fourth-order valence-electron chi connectivity index (χ4n) is 2.16. The van der Waals surface area contributed by atoms with Crippen molar-refractivity contribution in [3.63, 3.8) is 0 Å². The second-order valence-electron chi connectivity index (χ2n) is 5.89. The standard InChI is InChI=1S/C15H19FN2O2S/c1-15(2)9-12(15)10-18-21(19,20)14-6-5-11(4-3-7-17)8-13(14)16/h5-6,8,12,18H,7,9-10,17H2,1-2H3. The summed E-state index contributed by atoms with van der Waals surface area (Å²) in [5, 5.41) is 0. The quantitative estimate of drug-likeness (QED) is 0.827. The van der Waals surface area contributed by atoms with Gasteiger partial charge in [0.15, 0.2) is 0 Å². The number of nitrogens with one attached hydrogen (secondary N) is 1. The molecule has 3 N–H and O–H groups in total. The van der Waals surface area contributed by atoms with Gasteiger partial charge in [-0.05, 0) is 36.0 Å². The first-order valence-corrected chi connectivity index (χ1v) is 8.23. The Bertz CT molecular complexity index is 702. The molecule has 4 nitrogen and oxygen atoms in total. The number of rotatable bonds is 4. The van der Waals surface area contributed by atoms with Crippen LogP contribution in [0.5, 0.6) is 0 Å². The van der Waals surface area contributed by atoms with E-state index in [0.717, 1.165) is 12.5 Å². The van der Waals surface area contributed by atoms with Gasteiger partial charge in [0.05, 0.1) is 6.54 Å². The maximum absolute atomic E-state index is 13.9. The SMILES string of the molecule is CC1(C)CC1CNS(=O)(=O)c1ccc(C#CCN)cc1F. The minimum Gasteiger partial charge on any atom is -0.320 e. The molecule has 0 bridgehead atoms. The molecule has 0 spiro atoms. The highest BCUT2D eigenvalue weighted by Gasteiger charge is 2.45. The van der Waals surface area contributed by atoms with E-state index in [1.165, 1.54) is 12.1 Å². The third-order valence-electron chi connectivity index (χ3n) is 3.79. The van der Waals surface area contributed by atoms with Crippen molar-refractivity contribution in [3.05, 3.63) is 29.6 Å². The topological polar surface area (TPSA) is 72.2 Å². The summed E-state index contributed by atoms with van der Waals surface area (Å²) >= 11 is 0. The van der Waals surface area contributed by atoms with Gasteiger partial charge in [-0.1, -0.05) is 25.7 Å². The third-order valence-corrected chi connectivity index (χ3v) is 5.25. The van der Waals surface area contributed by atoms with Gasteiger partial charge in [-0.15, -0.1) is 0 Å². The molecular weight excluding hydrogens is 291 g/mol. The Labute approximate surface area is 125 Å². The summed E-state index contributed by atoms with van der Waals surface area (Å²) in [7, 11) is -3.83. The van der Waals surface area contributed by atoms with Crippen LogP contribution in [0.25, 0.3) is 0 Å². The summed E-state index contributed by atoms with van der Waals surface area (Å²) < 4.78 is 40.6. The molecule has 0 aliphatic heterocycles. The molecule has 1 fully saturated rings. The Hall–Kier alpha value is -1.42. The maximum Gasteiger partial charge on any atom is 0.243 e. The summed E-state index contributed by atoms with van der Waals surface area (Å²) in [5.41, 5.74) is 5.81. The number of hydrogen-bond donors (Lipinski definition) is 2. The van der Waals surface area contributed by atoms with Crippen LogP contribution in [0.1, 0.15) is 25.8 Å². The molecule has 1 unspecified atom stereocenters. The first kappa shape index (κ1) is 16.0. The van der Waals surface area contributed by atoms with Gasteiger partial charge in [0.25, 0.3) is 0 Å². The van der Waals surface area contributed by atoms with Gasteiger partial charge < -0.3 is 5.73 Å². The Balaban J connectivity index is 2.12. The Morgan fingerprint density at radius 2 is 2.14 bits per heavy atom. The van der Waals surface area contributed by atoms with Crippen LogP contribution in [0.4, 0.5) is 4.39 Å². The zero-order valence-electron chi connectivity index (χ0n) is 12.1. The first-order chi connectivity index (χ1) is 9.76. The molecule has 6 heteroatoms. The van der Waals surface area contributed by atoms with Crippen LogP contribution >= 0.6 is 0 Å². The lowest BCUT2D eigenvalue weighted by Crippen LogP contribution is -2.27. The smallest absolute Gasteiger partial charge is 0.243 e. The highest BCUT2D eigenvalue weighted by atomic mass is 32.2. The van der Waals surface area contributed by atoms with E-state index in [0.29, 0.717) is 18.0 Å². The van der Waals surface area contributed by atoms with Crippen molar-refractivity contribution in [2.24, 2.45) is 17.1 Å². The minimum atomic E-state index is -3.83. The minimum absolute atomic E-state index is 0.167. The number of benzene rings is 1. The van der Waals surface area contributed by atoms with Gasteiger partial charge >= 0.3 is 0 Å². The predicted molar refractivity (Wildman–Crippen MR) is 79.4 cm³/mol. The predicted octanol–water partition coefficient (Wildman–Crippen LogP) is 1.46. The van der Waals surface area contributed by atoms with Crippen molar-refractivity contribution in [2.75, 3.05) is 13.1 Å². The van der Waals surface area contributed by atoms with E-state index in [1.807, 2.05) is 0 Å². The summed E-state index contributed by atoms with van der Waals surface area (Å²) in [6.45, 7) is 4.67. The number of halogens is 1. The van der Waals surface area contributed by atoms with Crippen molar-refractivity contribution in [2.45, 2.75) is 25.2 Å². The van der Waals surface area contributed by atoms with Crippen LogP contribution in [0.15, 0.2) is 23.1 Å². The van der Waals surface area contributed by atoms with Crippen molar-refractivity contribution in [1.29, 1.82) is 0 Å². The summed E-state index contributed by atoms with van der Waals surface area (Å²) in [5.74, 6) is 4.76. The molecule has 1 aliphatic rings. The van der Waals surface area contributed by atoms with Crippen molar-refractivity contribution < 1.29 is 12.8 Å². The molecule has 0 amide bonds. The molecule has 1 saturated carbocycles. The second kappa shape index (κ2) is 5.76. The average molecular weight is 310 g/mol. The van der Waals surface area contributed by atoms with E-state index in [1.54, 1.807) is 0 Å². The summed E-state index contributed by atoms with van der Waals surface area (Å²) in [6.07, 6.45) is 0.978. The molecule has 0 radical (unpaired) electrons. The van der Waals surface area contributed by atoms with E-state index < -0.39 is 15.8 Å². The molecular formula is C15H19FN2O2S. The third kappa shape index (κ3) is 3.82. The Kier molecular flexibility index (Phi) is 4.38. The van der Waals surface area contributed by atoms with E-state index in [-0.39, 0.29) is 16.9 Å². The molecule has 0 aromatic heterocycles. The van der Waals surface area contributed by atoms with Gasteiger partial charge in [-0.2, -0.15) is 0 Å². The van der Waals surface area contributed by atoms with Crippen LogP contribution in [0.3, 0.4) is 0 Å². The Morgan fingerprint density at radius 3 is 2.67 bits per heavy atom. The summed E-state index contributed by atoms with van der Waals surface area (Å²) in [4.78, 5) is -0.348. The van der Waals surface area contributed by atoms with E-state index in [9.17, 15) is 12.8 Å². The maximum atomic E-state index is 13.9. The molecule has 1 aromatic rings. The zero-order valence-corrected chi connectivity index (χ0v) is 12.9. The highest BCUT2D eigenvalue weighted by Crippen LogP contribution is 2.51. The number of sulfonamides is 1. The van der Waals surface area contributed by atoms with Gasteiger partial charge in [0.1, 0.15) is 10.7 Å². The van der Waals surface area contributed by atoms with Crippen LogP contribution in [-0.2, 0) is 10.0 Å². The van der Waals surface area contributed by atoms with E-state index in [4.69, 9.17) is 5.73 Å². The number of hydrogen-bond acceptors (Lipinski definition) is 3. The molecule has 114 valence electrons. The first-order valence-electron chi connectivity index (χ1n) is 6.74. The molecule has 0 heterocycles. The molecule has 2 rings (SSSR count). The lowest BCUT2D eigenvalue weighted by atomic mass is 10.1. The molecule has 1 aliphatic carbocycles. The number of nitrogens with two attached hydrogens (primary N) is 1. The fraction of sp³-hybridized carbons (Fsp3) is 0.467. The molecule has 21 heavy (non-hydrogen) atoms. The molecule has 1 atom stereocenters. The summed E-state index contributed by atoms with van der Waals surface area (Å²) in [6, 6.07) is 3.82. The van der Waals surface area contributed by atoms with Crippen molar-refractivity contribution in [3.8, 4) is 11.8 Å². The van der Waals surface area contributed by atoms with Gasteiger partial charge in [0, 0.05) is 12.1 Å². The lowest BCUT2D eigenvalue weighted by molar-refractivity contribution is 0.530. The average Bonchev–Trinajstić information content (AvgIpc) is 3.01. The van der Waals surface area contributed by atoms with Crippen molar-refractivity contribution >= 4 is 10.0 Å². The van der Waals surface area contributed by atoms with Gasteiger partial charge in [-0.25, -0.2) is 17.5 Å². The Morgan fingerprint density at radius 1 is 1.48 bits per heavy atom. The van der Waals surface area contributed by atoms with Crippen LogP contribution < -0.4 is 10.5 Å². The van der Waals surface area contributed by atoms with Crippen LogP contribution in [-0.4, -0.2) is 21.5 Å². The zero-order chi connectivity index (χ0) is 15.7. The second-order valence-corrected chi connectivity index (χ2v) is 7.63. The van der Waals surface area contributed by atoms with Crippen LogP contribution in [0, 0.1) is 29.0 Å². The van der Waals surface area contributed by atoms with E-state index >= 15 is 0 Å².